The topological polar surface area (TPSA) is 15.8 Å². The number of aromatic amines is 1. The highest BCUT2D eigenvalue weighted by Gasteiger charge is 2.09. The Kier molecular flexibility index (Phi) is 1.81. The summed E-state index contributed by atoms with van der Waals surface area (Å²) in [7, 11) is 0. The first kappa shape index (κ1) is 9.72. The van der Waals surface area contributed by atoms with Crippen LogP contribution in [0.4, 0.5) is 0 Å². The van der Waals surface area contributed by atoms with Gasteiger partial charge in [0.1, 0.15) is 0 Å². The quantitative estimate of drug-likeness (QED) is 0.448. The van der Waals surface area contributed by atoms with Crippen LogP contribution < -0.4 is 0 Å². The van der Waals surface area contributed by atoms with Crippen LogP contribution in [-0.4, -0.2) is 4.98 Å². The molecule has 0 radical (unpaired) electrons. The van der Waals surface area contributed by atoms with Crippen LogP contribution in [0.5, 0.6) is 0 Å². The van der Waals surface area contributed by atoms with Crippen molar-refractivity contribution in [2.45, 2.75) is 6.92 Å². The Balaban J connectivity index is 2.40. The summed E-state index contributed by atoms with van der Waals surface area (Å²) in [6, 6.07) is 19.4. The van der Waals surface area contributed by atoms with E-state index in [1.54, 1.807) is 0 Å². The molecule has 1 N–H and O–H groups in total. The summed E-state index contributed by atoms with van der Waals surface area (Å²) in [5.41, 5.74) is 3.77. The lowest BCUT2D eigenvalue weighted by Gasteiger charge is -2.01. The van der Waals surface area contributed by atoms with Gasteiger partial charge in [-0.2, -0.15) is 0 Å². The average Bonchev–Trinajstić information content (AvgIpc) is 2.79. The van der Waals surface area contributed by atoms with Crippen LogP contribution in [0.2, 0.25) is 0 Å². The fourth-order valence-electron chi connectivity index (χ4n) is 2.89. The van der Waals surface area contributed by atoms with Gasteiger partial charge in [-0.3, -0.25) is 0 Å². The number of fused-ring (bicyclic) bond motifs is 5. The highest BCUT2D eigenvalue weighted by atomic mass is 14.7. The molecule has 0 amide bonds. The molecule has 0 saturated carbocycles. The number of benzene rings is 3. The van der Waals surface area contributed by atoms with E-state index in [0.717, 1.165) is 0 Å². The zero-order valence-electron chi connectivity index (χ0n) is 10.2. The van der Waals surface area contributed by atoms with Gasteiger partial charge in [-0.15, -0.1) is 0 Å². The van der Waals surface area contributed by atoms with Crippen molar-refractivity contribution in [1.82, 2.24) is 4.98 Å². The molecular formula is C17H13N. The highest BCUT2D eigenvalue weighted by Crippen LogP contribution is 2.33. The minimum Gasteiger partial charge on any atom is -0.354 e. The molecule has 18 heavy (non-hydrogen) atoms. The maximum atomic E-state index is 3.51. The van der Waals surface area contributed by atoms with Crippen LogP contribution in [0, 0.1) is 6.92 Å². The van der Waals surface area contributed by atoms with Crippen molar-refractivity contribution in [2.75, 3.05) is 0 Å². The van der Waals surface area contributed by atoms with Crippen LogP contribution in [0.1, 0.15) is 5.56 Å². The Bertz CT molecular complexity index is 884. The summed E-state index contributed by atoms with van der Waals surface area (Å²) in [4.78, 5) is 3.51. The molecule has 0 fully saturated rings. The molecule has 0 saturated heterocycles. The van der Waals surface area contributed by atoms with Crippen LogP contribution in [0.15, 0.2) is 54.6 Å². The molecule has 1 nitrogen and oxygen atoms in total. The van der Waals surface area contributed by atoms with E-state index in [-0.39, 0.29) is 0 Å². The molecular weight excluding hydrogens is 218 g/mol. The van der Waals surface area contributed by atoms with Crippen LogP contribution in [0.25, 0.3) is 32.6 Å². The molecule has 0 aliphatic rings. The number of H-pyrrole nitrogens is 1. The smallest absolute Gasteiger partial charge is 0.0471 e. The van der Waals surface area contributed by atoms with Crippen molar-refractivity contribution >= 4 is 32.6 Å². The lowest BCUT2D eigenvalue weighted by Crippen LogP contribution is -1.76. The lowest BCUT2D eigenvalue weighted by molar-refractivity contribution is 1.51. The number of aromatic nitrogens is 1. The van der Waals surface area contributed by atoms with E-state index in [9.17, 15) is 0 Å². The minimum absolute atomic E-state index is 1.22. The molecule has 1 aromatic heterocycles. The first-order valence-electron chi connectivity index (χ1n) is 6.23. The summed E-state index contributed by atoms with van der Waals surface area (Å²) in [6.07, 6.45) is 0. The van der Waals surface area contributed by atoms with Crippen molar-refractivity contribution in [3.63, 3.8) is 0 Å². The normalized spacial score (nSPS) is 11.6. The summed E-state index contributed by atoms with van der Waals surface area (Å²) in [5, 5.41) is 5.33. The predicted molar refractivity (Wildman–Crippen MR) is 78.0 cm³/mol. The van der Waals surface area contributed by atoms with Crippen molar-refractivity contribution in [3.05, 3.63) is 60.2 Å². The monoisotopic (exact) mass is 231 g/mol. The molecule has 1 heteroatoms. The third-order valence-corrected chi connectivity index (χ3v) is 3.72. The molecule has 0 bridgehead atoms. The molecule has 1 heterocycles. The molecule has 0 spiro atoms. The number of rotatable bonds is 0. The van der Waals surface area contributed by atoms with Crippen LogP contribution in [0.3, 0.4) is 0 Å². The highest BCUT2D eigenvalue weighted by molar-refractivity contribution is 6.20. The molecule has 0 unspecified atom stereocenters. The Morgan fingerprint density at radius 3 is 2.50 bits per heavy atom. The van der Waals surface area contributed by atoms with Crippen molar-refractivity contribution < 1.29 is 0 Å². The maximum absolute atomic E-state index is 3.51. The van der Waals surface area contributed by atoms with Crippen molar-refractivity contribution in [3.8, 4) is 0 Å². The zero-order valence-corrected chi connectivity index (χ0v) is 10.2. The van der Waals surface area contributed by atoms with Crippen LogP contribution >= 0.6 is 0 Å². The summed E-state index contributed by atoms with van der Waals surface area (Å²) in [6.45, 7) is 2.18. The van der Waals surface area contributed by atoms with E-state index in [0.29, 0.717) is 0 Å². The van der Waals surface area contributed by atoms with Gasteiger partial charge in [-0.05, 0) is 35.4 Å². The Morgan fingerprint density at radius 2 is 1.56 bits per heavy atom. The van der Waals surface area contributed by atoms with E-state index < -0.39 is 0 Å². The fourth-order valence-corrected chi connectivity index (χ4v) is 2.89. The van der Waals surface area contributed by atoms with E-state index in [2.05, 4.69) is 66.5 Å². The van der Waals surface area contributed by atoms with Gasteiger partial charge in [0.25, 0.3) is 0 Å². The average molecular weight is 231 g/mol. The van der Waals surface area contributed by atoms with Gasteiger partial charge in [0.15, 0.2) is 0 Å². The largest absolute Gasteiger partial charge is 0.354 e. The van der Waals surface area contributed by atoms with Gasteiger partial charge >= 0.3 is 0 Å². The third-order valence-electron chi connectivity index (χ3n) is 3.72. The Labute approximate surface area is 105 Å². The molecule has 0 atom stereocenters. The summed E-state index contributed by atoms with van der Waals surface area (Å²) < 4.78 is 0. The summed E-state index contributed by atoms with van der Waals surface area (Å²) in [5.74, 6) is 0. The third kappa shape index (κ3) is 1.16. The number of hydrogen-bond donors (Lipinski definition) is 1. The first-order valence-corrected chi connectivity index (χ1v) is 6.23. The van der Waals surface area contributed by atoms with E-state index >= 15 is 0 Å². The van der Waals surface area contributed by atoms with Gasteiger partial charge < -0.3 is 4.98 Å². The number of nitrogens with one attached hydrogen (secondary N) is 1. The molecule has 4 rings (SSSR count). The second kappa shape index (κ2) is 3.36. The SMILES string of the molecule is Cc1cccc2[nH]c3ccc4ccccc4c3c12. The standard InChI is InChI=1S/C17H13N/c1-11-5-4-8-14-16(11)17-13-7-3-2-6-12(13)9-10-15(17)18-14/h2-10,18H,1H3. The lowest BCUT2D eigenvalue weighted by atomic mass is 10.0. The number of hydrogen-bond acceptors (Lipinski definition) is 0. The zero-order chi connectivity index (χ0) is 12.1. The number of aryl methyl sites for hydroxylation is 1. The van der Waals surface area contributed by atoms with Crippen LogP contribution in [-0.2, 0) is 0 Å². The molecule has 0 aliphatic carbocycles. The molecule has 86 valence electrons. The van der Waals surface area contributed by atoms with E-state index in [1.165, 1.54) is 38.1 Å². The Morgan fingerprint density at radius 1 is 0.722 bits per heavy atom. The van der Waals surface area contributed by atoms with Gasteiger partial charge in [0, 0.05) is 21.8 Å². The molecule has 4 aromatic rings. The van der Waals surface area contributed by atoms with E-state index in [1.807, 2.05) is 0 Å². The van der Waals surface area contributed by atoms with Crippen molar-refractivity contribution in [2.24, 2.45) is 0 Å². The van der Waals surface area contributed by atoms with E-state index in [4.69, 9.17) is 0 Å². The molecule has 0 aliphatic heterocycles. The predicted octanol–water partition coefficient (Wildman–Crippen LogP) is 4.78. The Hall–Kier alpha value is -2.28. The summed E-state index contributed by atoms with van der Waals surface area (Å²) >= 11 is 0. The second-order valence-corrected chi connectivity index (χ2v) is 4.83. The fraction of sp³-hybridized carbons (Fsp3) is 0.0588. The molecule has 3 aromatic carbocycles. The first-order chi connectivity index (χ1) is 8.84. The second-order valence-electron chi connectivity index (χ2n) is 4.83. The minimum atomic E-state index is 1.22. The van der Waals surface area contributed by atoms with Crippen molar-refractivity contribution in [1.29, 1.82) is 0 Å². The van der Waals surface area contributed by atoms with Gasteiger partial charge in [-0.25, -0.2) is 0 Å². The van der Waals surface area contributed by atoms with Gasteiger partial charge in [0.2, 0.25) is 0 Å². The van der Waals surface area contributed by atoms with Gasteiger partial charge in [-0.1, -0.05) is 42.5 Å². The van der Waals surface area contributed by atoms with Gasteiger partial charge in [0.05, 0.1) is 0 Å². The maximum Gasteiger partial charge on any atom is 0.0471 e.